The molecule has 0 radical (unpaired) electrons. The monoisotopic (exact) mass is 401 g/mol. The van der Waals surface area contributed by atoms with Crippen molar-refractivity contribution in [3.8, 4) is 0 Å². The first-order valence-electron chi connectivity index (χ1n) is 11.1. The van der Waals surface area contributed by atoms with Crippen molar-refractivity contribution in [3.05, 3.63) is 23.8 Å². The Hall–Kier alpha value is -2.02. The molecule has 2 saturated heterocycles. The third-order valence-corrected chi connectivity index (χ3v) is 6.00. The fraction of sp³-hybridized carbons (Fsp3) is 0.727. The van der Waals surface area contributed by atoms with E-state index in [1.165, 1.54) is 25.9 Å². The van der Waals surface area contributed by atoms with Crippen molar-refractivity contribution in [2.75, 3.05) is 39.3 Å². The molecule has 2 aliphatic rings. The Labute approximate surface area is 174 Å². The molecule has 1 aromatic heterocycles. The number of aromatic nitrogens is 2. The number of carbonyl (C=O) groups excluding carboxylic acids is 2. The van der Waals surface area contributed by atoms with Gasteiger partial charge in [0, 0.05) is 44.0 Å². The lowest BCUT2D eigenvalue weighted by Gasteiger charge is -2.40. The first-order chi connectivity index (χ1) is 14.0. The van der Waals surface area contributed by atoms with E-state index in [0.717, 1.165) is 38.9 Å². The van der Waals surface area contributed by atoms with Gasteiger partial charge in [0.1, 0.15) is 5.82 Å². The van der Waals surface area contributed by atoms with Crippen LogP contribution in [0.3, 0.4) is 0 Å². The highest BCUT2D eigenvalue weighted by Gasteiger charge is 2.32. The summed E-state index contributed by atoms with van der Waals surface area (Å²) < 4.78 is 0. The molecule has 7 nitrogen and oxygen atoms in total. The average molecular weight is 402 g/mol. The third kappa shape index (κ3) is 5.75. The summed E-state index contributed by atoms with van der Waals surface area (Å²) in [5, 5.41) is 0. The van der Waals surface area contributed by atoms with Crippen LogP contribution in [0.15, 0.2) is 12.4 Å². The van der Waals surface area contributed by atoms with E-state index in [-0.39, 0.29) is 23.8 Å². The summed E-state index contributed by atoms with van der Waals surface area (Å²) in [5.74, 6) is 0.788. The summed E-state index contributed by atoms with van der Waals surface area (Å²) in [6.07, 6.45) is 8.64. The quantitative estimate of drug-likeness (QED) is 0.702. The van der Waals surface area contributed by atoms with E-state index in [0.29, 0.717) is 17.9 Å². The summed E-state index contributed by atoms with van der Waals surface area (Å²) in [5.41, 5.74) is 0.520. The molecule has 2 aliphatic heterocycles. The zero-order valence-corrected chi connectivity index (χ0v) is 18.1. The number of rotatable bonds is 7. The molecular formula is C22H35N5O2. The number of amides is 2. The second-order valence-corrected chi connectivity index (χ2v) is 8.65. The van der Waals surface area contributed by atoms with Gasteiger partial charge < -0.3 is 14.7 Å². The van der Waals surface area contributed by atoms with Gasteiger partial charge in [-0.3, -0.25) is 9.59 Å². The van der Waals surface area contributed by atoms with Crippen molar-refractivity contribution in [1.29, 1.82) is 0 Å². The van der Waals surface area contributed by atoms with Gasteiger partial charge in [0.05, 0.1) is 5.56 Å². The lowest BCUT2D eigenvalue weighted by atomic mass is 10.0. The topological polar surface area (TPSA) is 69.6 Å². The van der Waals surface area contributed by atoms with Crippen LogP contribution in [0.4, 0.5) is 0 Å². The maximum atomic E-state index is 12.9. The molecular weight excluding hydrogens is 366 g/mol. The summed E-state index contributed by atoms with van der Waals surface area (Å²) >= 11 is 0. The Morgan fingerprint density at radius 1 is 1.14 bits per heavy atom. The second kappa shape index (κ2) is 10.1. The summed E-state index contributed by atoms with van der Waals surface area (Å²) in [6, 6.07) is 0.0903. The average Bonchev–Trinajstić information content (AvgIpc) is 3.24. The molecule has 0 saturated carbocycles. The normalized spacial score (nSPS) is 20.3. The zero-order valence-electron chi connectivity index (χ0n) is 18.1. The van der Waals surface area contributed by atoms with E-state index >= 15 is 0 Å². The van der Waals surface area contributed by atoms with Crippen molar-refractivity contribution in [3.63, 3.8) is 0 Å². The lowest BCUT2D eigenvalue weighted by molar-refractivity contribution is -0.138. The molecule has 160 valence electrons. The molecule has 0 unspecified atom stereocenters. The minimum absolute atomic E-state index is 0.0293. The number of piperidine rings is 1. The fourth-order valence-corrected chi connectivity index (χ4v) is 4.35. The standard InChI is InChI=1S/C22H35N5O2/c1-17(2)21(28)27(13-7-11-25-9-4-5-10-25)20-8-6-12-26(16-20)22(29)19-14-23-18(3)24-15-19/h14-15,17,20H,4-13,16H2,1-3H3/t20-/m0/s1. The largest absolute Gasteiger partial charge is 0.338 e. The number of aryl methyl sites for hydroxylation is 1. The van der Waals surface area contributed by atoms with Gasteiger partial charge in [-0.2, -0.15) is 0 Å². The minimum atomic E-state index is -0.0382. The Morgan fingerprint density at radius 3 is 2.48 bits per heavy atom. The van der Waals surface area contributed by atoms with Crippen LogP contribution in [0.2, 0.25) is 0 Å². The minimum Gasteiger partial charge on any atom is -0.338 e. The van der Waals surface area contributed by atoms with Crippen LogP contribution >= 0.6 is 0 Å². The first-order valence-corrected chi connectivity index (χ1v) is 11.1. The van der Waals surface area contributed by atoms with Crippen LogP contribution in [-0.2, 0) is 4.79 Å². The molecule has 29 heavy (non-hydrogen) atoms. The highest BCUT2D eigenvalue weighted by molar-refractivity contribution is 5.93. The van der Waals surface area contributed by atoms with Gasteiger partial charge in [0.2, 0.25) is 5.91 Å². The summed E-state index contributed by atoms with van der Waals surface area (Å²) in [7, 11) is 0. The van der Waals surface area contributed by atoms with E-state index in [2.05, 4.69) is 14.9 Å². The SMILES string of the molecule is Cc1ncc(C(=O)N2CCC[C@H](N(CCCN3CCCC3)C(=O)C(C)C)C2)cn1. The number of nitrogens with zero attached hydrogens (tertiary/aromatic N) is 5. The van der Waals surface area contributed by atoms with E-state index in [1.54, 1.807) is 12.4 Å². The zero-order chi connectivity index (χ0) is 20.8. The number of likely N-dealkylation sites (tertiary alicyclic amines) is 2. The van der Waals surface area contributed by atoms with Crippen LogP contribution in [0.1, 0.15) is 62.1 Å². The van der Waals surface area contributed by atoms with Gasteiger partial charge in [-0.15, -0.1) is 0 Å². The molecule has 0 N–H and O–H groups in total. The molecule has 3 rings (SSSR count). The Morgan fingerprint density at radius 2 is 1.83 bits per heavy atom. The van der Waals surface area contributed by atoms with Gasteiger partial charge in [-0.25, -0.2) is 9.97 Å². The van der Waals surface area contributed by atoms with E-state index in [1.807, 2.05) is 30.6 Å². The Bertz CT molecular complexity index is 685. The van der Waals surface area contributed by atoms with Gasteiger partial charge in [0.15, 0.2) is 0 Å². The molecule has 1 aromatic rings. The molecule has 7 heteroatoms. The summed E-state index contributed by atoms with van der Waals surface area (Å²) in [6.45, 7) is 11.2. The molecule has 1 atom stereocenters. The predicted octanol–water partition coefficient (Wildman–Crippen LogP) is 2.36. The second-order valence-electron chi connectivity index (χ2n) is 8.65. The molecule has 0 bridgehead atoms. The van der Waals surface area contributed by atoms with Crippen molar-refractivity contribution in [2.24, 2.45) is 5.92 Å². The number of carbonyl (C=O) groups is 2. The maximum Gasteiger partial charge on any atom is 0.257 e. The van der Waals surface area contributed by atoms with Crippen molar-refractivity contribution in [1.82, 2.24) is 24.7 Å². The van der Waals surface area contributed by atoms with Gasteiger partial charge >= 0.3 is 0 Å². The summed E-state index contributed by atoms with van der Waals surface area (Å²) in [4.78, 5) is 40.6. The predicted molar refractivity (Wildman–Crippen MR) is 113 cm³/mol. The fourth-order valence-electron chi connectivity index (χ4n) is 4.35. The highest BCUT2D eigenvalue weighted by Crippen LogP contribution is 2.20. The third-order valence-electron chi connectivity index (χ3n) is 6.00. The van der Waals surface area contributed by atoms with Crippen LogP contribution in [0.5, 0.6) is 0 Å². The highest BCUT2D eigenvalue weighted by atomic mass is 16.2. The van der Waals surface area contributed by atoms with Crippen LogP contribution in [-0.4, -0.2) is 81.8 Å². The number of hydrogen-bond acceptors (Lipinski definition) is 5. The molecule has 2 fully saturated rings. The first kappa shape index (κ1) is 21.7. The molecule has 0 aromatic carbocycles. The van der Waals surface area contributed by atoms with Gasteiger partial charge in [0.25, 0.3) is 5.91 Å². The van der Waals surface area contributed by atoms with Gasteiger partial charge in [-0.1, -0.05) is 13.8 Å². The number of hydrogen-bond donors (Lipinski definition) is 0. The Kier molecular flexibility index (Phi) is 7.58. The van der Waals surface area contributed by atoms with E-state index in [9.17, 15) is 9.59 Å². The smallest absolute Gasteiger partial charge is 0.257 e. The van der Waals surface area contributed by atoms with Crippen molar-refractivity contribution >= 4 is 11.8 Å². The van der Waals surface area contributed by atoms with Crippen molar-refractivity contribution in [2.45, 2.75) is 58.9 Å². The van der Waals surface area contributed by atoms with Crippen LogP contribution < -0.4 is 0 Å². The van der Waals surface area contributed by atoms with Crippen LogP contribution in [0, 0.1) is 12.8 Å². The Balaban J connectivity index is 1.63. The van der Waals surface area contributed by atoms with E-state index in [4.69, 9.17) is 0 Å². The molecule has 0 spiro atoms. The van der Waals surface area contributed by atoms with E-state index < -0.39 is 0 Å². The van der Waals surface area contributed by atoms with Crippen LogP contribution in [0.25, 0.3) is 0 Å². The van der Waals surface area contributed by atoms with Crippen molar-refractivity contribution < 1.29 is 9.59 Å². The lowest BCUT2D eigenvalue weighted by Crippen LogP contribution is -2.53. The molecule has 0 aliphatic carbocycles. The molecule has 2 amide bonds. The van der Waals surface area contributed by atoms with Gasteiger partial charge in [-0.05, 0) is 58.7 Å². The maximum absolute atomic E-state index is 12.9. The molecule has 3 heterocycles.